The van der Waals surface area contributed by atoms with Gasteiger partial charge in [0.2, 0.25) is 0 Å². The molecule has 3 aromatic rings. The summed E-state index contributed by atoms with van der Waals surface area (Å²) in [7, 11) is 0. The number of halogens is 3. The highest BCUT2D eigenvalue weighted by atomic mass is 35.5. The number of amides is 1. The van der Waals surface area contributed by atoms with Gasteiger partial charge >= 0.3 is 6.09 Å². The maximum atomic E-state index is 16.6. The largest absolute Gasteiger partial charge is 0.488 e. The van der Waals surface area contributed by atoms with Crippen LogP contribution in [-0.2, 0) is 19.8 Å². The van der Waals surface area contributed by atoms with Gasteiger partial charge in [-0.2, -0.15) is 5.26 Å². The smallest absolute Gasteiger partial charge is 0.404 e. The van der Waals surface area contributed by atoms with E-state index < -0.39 is 51.9 Å². The summed E-state index contributed by atoms with van der Waals surface area (Å²) in [6.45, 7) is 9.78. The molecule has 0 aromatic heterocycles. The molecule has 1 fully saturated rings. The van der Waals surface area contributed by atoms with E-state index in [4.69, 9.17) is 41.0 Å². The zero-order valence-electron chi connectivity index (χ0n) is 27.1. The first-order valence-electron chi connectivity index (χ1n) is 15.6. The van der Waals surface area contributed by atoms with Crippen LogP contribution in [0.5, 0.6) is 11.5 Å². The Hall–Kier alpha value is -3.91. The first-order chi connectivity index (χ1) is 22.3. The predicted octanol–water partition coefficient (Wildman–Crippen LogP) is 8.37. The van der Waals surface area contributed by atoms with Crippen molar-refractivity contribution in [3.05, 3.63) is 81.9 Å². The minimum Gasteiger partial charge on any atom is -0.488 e. The standard InChI is InChI=1S/C36H39ClF2N2O6/c1-20(45-27-13-9-10-16-43-27)19-44-25-15-14-22(18-40)29(32(25)39)30-28-21(2)36(23-11-7-6-8-12-23,33(35(3,4)5)46-34(41)42)47-26(28)17-24(38)31(30)37/h6-8,11-12,14-15,17,20-21,27,33H,9-10,13,16,19H2,1-5H3,(H2,41,42)/t20-,21-,27-,33-,36-/m0/s1. The van der Waals surface area contributed by atoms with Crippen LogP contribution >= 0.6 is 11.6 Å². The quantitative estimate of drug-likeness (QED) is 0.244. The number of ether oxygens (including phenoxy) is 5. The molecule has 250 valence electrons. The number of carbonyl (C=O) groups excluding carboxylic acids is 1. The summed E-state index contributed by atoms with van der Waals surface area (Å²) >= 11 is 6.67. The van der Waals surface area contributed by atoms with Crippen LogP contribution in [0.2, 0.25) is 5.02 Å². The molecule has 0 saturated carbocycles. The Morgan fingerprint density at radius 2 is 1.89 bits per heavy atom. The molecule has 11 heteroatoms. The molecular formula is C36H39ClF2N2O6. The van der Waals surface area contributed by atoms with Crippen molar-refractivity contribution in [1.82, 2.24) is 0 Å². The molecule has 3 aromatic carbocycles. The number of hydrogen-bond acceptors (Lipinski definition) is 7. The number of nitrogens with two attached hydrogens (primary N) is 1. The van der Waals surface area contributed by atoms with Gasteiger partial charge in [0.15, 0.2) is 29.6 Å². The van der Waals surface area contributed by atoms with E-state index in [-0.39, 0.29) is 41.1 Å². The van der Waals surface area contributed by atoms with Gasteiger partial charge in [-0.15, -0.1) is 0 Å². The summed E-state index contributed by atoms with van der Waals surface area (Å²) in [5.41, 5.74) is 3.94. The molecule has 0 radical (unpaired) electrons. The lowest BCUT2D eigenvalue weighted by Gasteiger charge is -2.45. The number of nitrogens with zero attached hydrogens (tertiary/aromatic N) is 1. The minimum atomic E-state index is -1.45. The van der Waals surface area contributed by atoms with E-state index in [1.54, 1.807) is 38.1 Å². The molecule has 0 aliphatic carbocycles. The van der Waals surface area contributed by atoms with Crippen LogP contribution in [0.4, 0.5) is 13.6 Å². The summed E-state index contributed by atoms with van der Waals surface area (Å²) in [6, 6.07) is 14.9. The van der Waals surface area contributed by atoms with Crippen molar-refractivity contribution in [2.75, 3.05) is 13.2 Å². The number of rotatable bonds is 9. The number of benzene rings is 3. The number of carbonyl (C=O) groups is 1. The third-order valence-electron chi connectivity index (χ3n) is 8.68. The van der Waals surface area contributed by atoms with Crippen LogP contribution in [0.15, 0.2) is 48.5 Å². The van der Waals surface area contributed by atoms with Crippen molar-refractivity contribution in [3.63, 3.8) is 0 Å². The molecule has 5 rings (SSSR count). The first-order valence-corrected chi connectivity index (χ1v) is 16.0. The van der Waals surface area contributed by atoms with Gasteiger partial charge in [0.05, 0.1) is 22.8 Å². The fourth-order valence-corrected chi connectivity index (χ4v) is 6.90. The Morgan fingerprint density at radius 1 is 1.17 bits per heavy atom. The van der Waals surface area contributed by atoms with Gasteiger partial charge in [-0.25, -0.2) is 13.6 Å². The zero-order valence-corrected chi connectivity index (χ0v) is 27.8. The molecule has 2 aliphatic heterocycles. The van der Waals surface area contributed by atoms with Crippen LogP contribution in [0.3, 0.4) is 0 Å². The first kappa shape index (κ1) is 34.4. The molecule has 1 saturated heterocycles. The van der Waals surface area contributed by atoms with Gasteiger partial charge in [0.1, 0.15) is 18.2 Å². The van der Waals surface area contributed by atoms with Crippen molar-refractivity contribution in [3.8, 4) is 28.7 Å². The lowest BCUT2D eigenvalue weighted by molar-refractivity contribution is -0.189. The zero-order chi connectivity index (χ0) is 34.1. The van der Waals surface area contributed by atoms with Crippen molar-refractivity contribution >= 4 is 17.7 Å². The maximum Gasteiger partial charge on any atom is 0.404 e. The highest BCUT2D eigenvalue weighted by molar-refractivity contribution is 6.34. The normalized spacial score (nSPS) is 22.0. The van der Waals surface area contributed by atoms with E-state index in [2.05, 4.69) is 0 Å². The highest BCUT2D eigenvalue weighted by Crippen LogP contribution is 2.60. The SMILES string of the molecule is C[C@@H](COc1ccc(C#N)c(-c2c(Cl)c(F)cc3c2[C@H](C)[C@](c2ccccc2)([C@@H](OC(N)=O)C(C)(C)C)O3)c1F)O[C@H]1CCCCO1. The van der Waals surface area contributed by atoms with Crippen LogP contribution in [0, 0.1) is 28.4 Å². The van der Waals surface area contributed by atoms with E-state index in [0.717, 1.165) is 25.3 Å². The number of fused-ring (bicyclic) bond motifs is 1. The van der Waals surface area contributed by atoms with Gasteiger partial charge in [-0.3, -0.25) is 0 Å². The Balaban J connectivity index is 1.64. The highest BCUT2D eigenvalue weighted by Gasteiger charge is 2.59. The van der Waals surface area contributed by atoms with Crippen LogP contribution in [-0.4, -0.2) is 37.8 Å². The van der Waals surface area contributed by atoms with Gasteiger partial charge in [0.25, 0.3) is 0 Å². The molecule has 2 heterocycles. The maximum absolute atomic E-state index is 16.6. The molecule has 1 amide bonds. The van der Waals surface area contributed by atoms with Gasteiger partial charge in [-0.05, 0) is 43.9 Å². The van der Waals surface area contributed by atoms with E-state index in [1.165, 1.54) is 12.1 Å². The average molecular weight is 669 g/mol. The second-order valence-corrected chi connectivity index (χ2v) is 13.5. The van der Waals surface area contributed by atoms with Gasteiger partial charge in [0, 0.05) is 40.7 Å². The van der Waals surface area contributed by atoms with Gasteiger partial charge < -0.3 is 29.4 Å². The van der Waals surface area contributed by atoms with E-state index in [0.29, 0.717) is 17.7 Å². The van der Waals surface area contributed by atoms with Gasteiger partial charge in [-0.1, -0.05) is 69.6 Å². The Bertz CT molecular complexity index is 1670. The minimum absolute atomic E-state index is 0.00847. The molecule has 0 spiro atoms. The number of hydrogen-bond donors (Lipinski definition) is 1. The van der Waals surface area contributed by atoms with Crippen molar-refractivity contribution < 1.29 is 37.3 Å². The fourth-order valence-electron chi connectivity index (χ4n) is 6.65. The Morgan fingerprint density at radius 3 is 2.51 bits per heavy atom. The number of nitriles is 1. The molecule has 0 unspecified atom stereocenters. The second kappa shape index (κ2) is 13.7. The molecule has 47 heavy (non-hydrogen) atoms. The fraction of sp³-hybridized carbons (Fsp3) is 0.444. The Kier molecular flexibility index (Phi) is 10.0. The molecule has 2 N–H and O–H groups in total. The monoisotopic (exact) mass is 668 g/mol. The topological polar surface area (TPSA) is 113 Å². The van der Waals surface area contributed by atoms with Crippen LogP contribution < -0.4 is 15.2 Å². The lowest BCUT2D eigenvalue weighted by atomic mass is 9.67. The van der Waals surface area contributed by atoms with Crippen molar-refractivity contribution in [2.45, 2.75) is 83.9 Å². The number of primary amides is 1. The molecule has 2 aliphatic rings. The lowest BCUT2D eigenvalue weighted by Crippen LogP contribution is -2.54. The molecule has 0 bridgehead atoms. The third kappa shape index (κ3) is 6.62. The van der Waals surface area contributed by atoms with Crippen molar-refractivity contribution in [2.24, 2.45) is 11.1 Å². The summed E-state index contributed by atoms with van der Waals surface area (Å²) in [4.78, 5) is 12.3. The summed E-state index contributed by atoms with van der Waals surface area (Å²) < 4.78 is 62.2. The molecular weight excluding hydrogens is 630 g/mol. The molecule has 8 nitrogen and oxygen atoms in total. The van der Waals surface area contributed by atoms with E-state index in [9.17, 15) is 10.1 Å². The van der Waals surface area contributed by atoms with E-state index in [1.807, 2.05) is 32.9 Å². The second-order valence-electron chi connectivity index (χ2n) is 13.1. The third-order valence-corrected chi connectivity index (χ3v) is 9.05. The van der Waals surface area contributed by atoms with E-state index >= 15 is 8.78 Å². The Labute approximate surface area is 278 Å². The summed E-state index contributed by atoms with van der Waals surface area (Å²) in [6.07, 6.45) is -0.0970. The summed E-state index contributed by atoms with van der Waals surface area (Å²) in [5.74, 6) is -2.62. The molecule has 5 atom stereocenters. The van der Waals surface area contributed by atoms with Crippen LogP contribution in [0.1, 0.15) is 76.5 Å². The summed E-state index contributed by atoms with van der Waals surface area (Å²) in [5, 5.41) is 9.72. The van der Waals surface area contributed by atoms with Crippen LogP contribution in [0.25, 0.3) is 11.1 Å². The van der Waals surface area contributed by atoms with Crippen molar-refractivity contribution in [1.29, 1.82) is 5.26 Å². The average Bonchev–Trinajstić information content (AvgIpc) is 3.32. The predicted molar refractivity (Wildman–Crippen MR) is 172 cm³/mol.